The number of hydrogen-bond acceptors (Lipinski definition) is 8. The fraction of sp³-hybridized carbons (Fsp3) is 0.480. The van der Waals surface area contributed by atoms with Crippen LogP contribution in [0.15, 0.2) is 36.3 Å². The van der Waals surface area contributed by atoms with Gasteiger partial charge in [-0.15, -0.1) is 0 Å². The van der Waals surface area contributed by atoms with Gasteiger partial charge in [-0.2, -0.15) is 0 Å². The number of allylic oxidation sites excluding steroid dienone is 3. The largest absolute Gasteiger partial charge is 0.507 e. The number of nitrogens with one attached hydrogen (secondary N) is 3. The van der Waals surface area contributed by atoms with Crippen LogP contribution >= 0.6 is 0 Å². The molecule has 8 heteroatoms. The van der Waals surface area contributed by atoms with Crippen molar-refractivity contribution in [2.75, 3.05) is 21.2 Å². The maximum absolute atomic E-state index is 10.7. The van der Waals surface area contributed by atoms with Crippen LogP contribution in [-0.2, 0) is 0 Å². The second-order valence-corrected chi connectivity index (χ2v) is 9.88. The van der Waals surface area contributed by atoms with Crippen LogP contribution in [0.1, 0.15) is 51.7 Å². The van der Waals surface area contributed by atoms with Gasteiger partial charge < -0.3 is 42.3 Å². The molecule has 8 N–H and O–H groups in total. The third-order valence-corrected chi connectivity index (χ3v) is 5.94. The number of aromatic hydroxyl groups is 1. The Kier molecular flexibility index (Phi) is 8.08. The van der Waals surface area contributed by atoms with E-state index in [0.29, 0.717) is 34.0 Å². The number of phenols is 1. The van der Waals surface area contributed by atoms with E-state index < -0.39 is 0 Å². The third-order valence-electron chi connectivity index (χ3n) is 5.94. The van der Waals surface area contributed by atoms with Gasteiger partial charge in [0, 0.05) is 54.9 Å². The molecule has 0 atom stereocenters. The van der Waals surface area contributed by atoms with Gasteiger partial charge in [0.1, 0.15) is 11.5 Å². The van der Waals surface area contributed by atoms with Gasteiger partial charge in [-0.3, -0.25) is 0 Å². The van der Waals surface area contributed by atoms with Crippen LogP contribution in [0, 0.1) is 5.41 Å². The minimum Gasteiger partial charge on any atom is -0.507 e. The van der Waals surface area contributed by atoms with Crippen LogP contribution in [0.5, 0.6) is 11.5 Å². The molecule has 0 spiro atoms. The summed E-state index contributed by atoms with van der Waals surface area (Å²) in [7, 11) is 5.26. The van der Waals surface area contributed by atoms with Gasteiger partial charge in [0.15, 0.2) is 0 Å². The highest BCUT2D eigenvalue weighted by atomic mass is 16.5. The zero-order valence-corrected chi connectivity index (χ0v) is 20.9. The first-order valence-electron chi connectivity index (χ1n) is 11.1. The molecule has 0 aromatic heterocycles. The average Bonchev–Trinajstić information content (AvgIpc) is 2.72. The zero-order valence-electron chi connectivity index (χ0n) is 20.9. The Hall–Kier alpha value is -3.13. The highest BCUT2D eigenvalue weighted by Gasteiger charge is 2.39. The third kappa shape index (κ3) is 6.44. The number of nitrogens with zero attached hydrogens (tertiary/aromatic N) is 1. The number of nitrogens with two attached hydrogens (primary N) is 2. The number of piperidine rings is 1. The zero-order chi connectivity index (χ0) is 25.0. The van der Waals surface area contributed by atoms with E-state index in [-0.39, 0.29) is 22.9 Å². The number of rotatable bonds is 8. The second kappa shape index (κ2) is 10.2. The molecule has 1 aliphatic rings. The van der Waals surface area contributed by atoms with E-state index in [2.05, 4.69) is 43.2 Å². The predicted octanol–water partition coefficient (Wildman–Crippen LogP) is 2.95. The van der Waals surface area contributed by atoms with Gasteiger partial charge in [0.05, 0.1) is 18.5 Å². The van der Waals surface area contributed by atoms with Gasteiger partial charge in [-0.1, -0.05) is 0 Å². The molecule has 2 rings (SSSR count). The Balaban J connectivity index is 2.34. The quantitative estimate of drug-likeness (QED) is 0.262. The molecule has 0 radical (unpaired) electrons. The minimum atomic E-state index is -0.0378. The molecule has 1 heterocycles. The van der Waals surface area contributed by atoms with Crippen LogP contribution in [0.2, 0.25) is 0 Å². The van der Waals surface area contributed by atoms with Crippen LogP contribution < -0.4 is 26.8 Å². The van der Waals surface area contributed by atoms with Crippen molar-refractivity contribution in [3.63, 3.8) is 0 Å². The Morgan fingerprint density at radius 1 is 1.21 bits per heavy atom. The molecule has 0 saturated carbocycles. The summed E-state index contributed by atoms with van der Waals surface area (Å²) in [5, 5.41) is 24.9. The molecule has 1 aromatic rings. The Morgan fingerprint density at radius 3 is 2.33 bits per heavy atom. The molecule has 33 heavy (non-hydrogen) atoms. The summed E-state index contributed by atoms with van der Waals surface area (Å²) in [6.45, 7) is 8.84. The minimum absolute atomic E-state index is 0.00774. The van der Waals surface area contributed by atoms with Crippen LogP contribution in [0.4, 0.5) is 0 Å². The highest BCUT2D eigenvalue weighted by molar-refractivity contribution is 6.08. The molecule has 1 aliphatic heterocycles. The summed E-state index contributed by atoms with van der Waals surface area (Å²) >= 11 is 0. The van der Waals surface area contributed by atoms with Crippen LogP contribution in [-0.4, -0.2) is 54.5 Å². The van der Waals surface area contributed by atoms with E-state index >= 15 is 0 Å². The monoisotopic (exact) mass is 456 g/mol. The number of benzene rings is 1. The van der Waals surface area contributed by atoms with E-state index in [9.17, 15) is 5.11 Å². The molecule has 8 nitrogen and oxygen atoms in total. The lowest BCUT2D eigenvalue weighted by Crippen LogP contribution is -2.61. The van der Waals surface area contributed by atoms with E-state index in [1.54, 1.807) is 37.5 Å². The highest BCUT2D eigenvalue weighted by Crippen LogP contribution is 2.36. The predicted molar refractivity (Wildman–Crippen MR) is 137 cm³/mol. The maximum Gasteiger partial charge on any atom is 0.132 e. The van der Waals surface area contributed by atoms with Crippen molar-refractivity contribution < 1.29 is 9.84 Å². The topological polar surface area (TPSA) is 133 Å². The van der Waals surface area contributed by atoms with Crippen molar-refractivity contribution in [1.29, 1.82) is 5.41 Å². The van der Waals surface area contributed by atoms with Crippen LogP contribution in [0.25, 0.3) is 11.3 Å². The maximum atomic E-state index is 10.7. The van der Waals surface area contributed by atoms with Gasteiger partial charge in [-0.05, 0) is 70.4 Å². The average molecular weight is 457 g/mol. The molecule has 1 aromatic carbocycles. The van der Waals surface area contributed by atoms with Crippen molar-refractivity contribution in [1.82, 2.24) is 15.5 Å². The smallest absolute Gasteiger partial charge is 0.132 e. The number of phenolic OH excluding ortho intramolecular Hbond substituents is 1. The molecule has 0 aliphatic carbocycles. The summed E-state index contributed by atoms with van der Waals surface area (Å²) in [5.41, 5.74) is 14.7. The van der Waals surface area contributed by atoms with E-state index in [4.69, 9.17) is 21.6 Å². The normalized spacial score (nSPS) is 19.2. The number of hydrogen-bond donors (Lipinski definition) is 6. The summed E-state index contributed by atoms with van der Waals surface area (Å²) in [6, 6.07) is 3.58. The molecule has 1 saturated heterocycles. The number of methoxy groups -OCH3 is 1. The first-order valence-corrected chi connectivity index (χ1v) is 11.1. The van der Waals surface area contributed by atoms with Crippen molar-refractivity contribution in [2.45, 2.75) is 57.7 Å². The fourth-order valence-corrected chi connectivity index (χ4v) is 4.71. The summed E-state index contributed by atoms with van der Waals surface area (Å²) < 4.78 is 5.48. The summed E-state index contributed by atoms with van der Waals surface area (Å²) in [4.78, 5) is 2.09. The Bertz CT molecular complexity index is 946. The fourth-order valence-electron chi connectivity index (χ4n) is 4.71. The Morgan fingerprint density at radius 2 is 1.82 bits per heavy atom. The summed E-state index contributed by atoms with van der Waals surface area (Å²) in [5.74, 6) is 0.962. The van der Waals surface area contributed by atoms with E-state index in [0.717, 1.165) is 12.8 Å². The molecule has 0 amide bonds. The van der Waals surface area contributed by atoms with Gasteiger partial charge >= 0.3 is 0 Å². The Labute approximate surface area is 197 Å². The SMILES string of the molecule is CN/C=C(\C=N)c1cc(O)c(/C(N)=C/C=C(\N)N(C)C2CC(C)(C)NC(C)(C)C2)c(OC)c1. The lowest BCUT2D eigenvalue weighted by atomic mass is 9.79. The molecule has 0 unspecified atom stereocenters. The lowest BCUT2D eigenvalue weighted by Gasteiger charge is -2.49. The first kappa shape index (κ1) is 26.1. The van der Waals surface area contributed by atoms with Gasteiger partial charge in [-0.25, -0.2) is 0 Å². The number of ether oxygens (including phenoxy) is 1. The standard InChI is InChI=1S/C25H40N6O2/c1-24(2)12-18(13-25(3,4)30-24)31(6)22(28)9-8-19(27)23-20(32)10-16(11-21(23)33-7)17(14-26)15-29-5/h8-11,14-15,18,26,29-30,32H,12-13,27-28H2,1-7H3/b17-15+,19-8-,22-9+,26-14?. The van der Waals surface area contributed by atoms with E-state index in [1.807, 2.05) is 7.05 Å². The van der Waals surface area contributed by atoms with Crippen molar-refractivity contribution >= 4 is 17.5 Å². The molecular formula is C25H40N6O2. The summed E-state index contributed by atoms with van der Waals surface area (Å²) in [6.07, 6.45) is 8.24. The lowest BCUT2D eigenvalue weighted by molar-refractivity contribution is 0.0981. The molecule has 182 valence electrons. The van der Waals surface area contributed by atoms with Gasteiger partial charge in [0.2, 0.25) is 0 Å². The molecule has 0 bridgehead atoms. The van der Waals surface area contributed by atoms with Crippen molar-refractivity contribution in [3.8, 4) is 11.5 Å². The molecular weight excluding hydrogens is 416 g/mol. The second-order valence-electron chi connectivity index (χ2n) is 9.88. The van der Waals surface area contributed by atoms with Crippen molar-refractivity contribution in [2.24, 2.45) is 11.5 Å². The van der Waals surface area contributed by atoms with Crippen molar-refractivity contribution in [3.05, 3.63) is 47.4 Å². The first-order chi connectivity index (χ1) is 15.3. The van der Waals surface area contributed by atoms with E-state index in [1.165, 1.54) is 13.3 Å². The van der Waals surface area contributed by atoms with Crippen LogP contribution in [0.3, 0.4) is 0 Å². The molecule has 1 fully saturated rings. The van der Waals surface area contributed by atoms with Gasteiger partial charge in [0.25, 0.3) is 0 Å².